The van der Waals surface area contributed by atoms with Gasteiger partial charge in [0.1, 0.15) is 5.82 Å². The van der Waals surface area contributed by atoms with Crippen LogP contribution < -0.4 is 10.2 Å². The van der Waals surface area contributed by atoms with Crippen LogP contribution in [0.15, 0.2) is 18.3 Å². The number of morpholine rings is 1. The number of nitrogens with one attached hydrogen (secondary N) is 1. The number of fused-ring (bicyclic) bond motifs is 4. The van der Waals surface area contributed by atoms with E-state index < -0.39 is 0 Å². The molecule has 0 radical (unpaired) electrons. The molecular weight excluding hydrogens is 394 g/mol. The molecule has 5 heterocycles. The fraction of sp³-hybridized carbons (Fsp3) is 0.696. The molecule has 0 spiro atoms. The van der Waals surface area contributed by atoms with Crippen LogP contribution in [0.4, 0.5) is 5.82 Å². The number of amides is 2. The molecule has 0 aromatic carbocycles. The lowest BCUT2D eigenvalue weighted by molar-refractivity contribution is -0.142. The first-order chi connectivity index (χ1) is 15.2. The average Bonchev–Trinajstić information content (AvgIpc) is 2.80. The maximum atomic E-state index is 12.5. The number of carbonyl (C=O) groups excluding carboxylic acids is 2. The topological polar surface area (TPSA) is 78.0 Å². The van der Waals surface area contributed by atoms with Crippen LogP contribution >= 0.6 is 0 Å². The van der Waals surface area contributed by atoms with E-state index in [9.17, 15) is 9.59 Å². The second-order valence-electron chi connectivity index (χ2n) is 9.39. The van der Waals surface area contributed by atoms with Crippen molar-refractivity contribution in [1.82, 2.24) is 20.1 Å². The van der Waals surface area contributed by atoms with Crippen LogP contribution in [-0.2, 0) is 9.53 Å². The molecule has 1 aromatic heterocycles. The van der Waals surface area contributed by atoms with Gasteiger partial charge in [0.25, 0.3) is 5.91 Å². The summed E-state index contributed by atoms with van der Waals surface area (Å²) in [4.78, 5) is 36.3. The summed E-state index contributed by atoms with van der Waals surface area (Å²) in [7, 11) is 0. The number of pyridine rings is 1. The number of carbonyl (C=O) groups is 2. The molecule has 1 aromatic rings. The molecule has 8 nitrogen and oxygen atoms in total. The second kappa shape index (κ2) is 9.12. The summed E-state index contributed by atoms with van der Waals surface area (Å²) in [5.74, 6) is 2.26. The zero-order valence-corrected chi connectivity index (χ0v) is 18.2. The molecule has 8 heteroatoms. The van der Waals surface area contributed by atoms with Crippen molar-refractivity contribution in [1.29, 1.82) is 0 Å². The molecule has 2 bridgehead atoms. The molecular formula is C23H33N5O3. The van der Waals surface area contributed by atoms with Gasteiger partial charge in [-0.3, -0.25) is 14.5 Å². The number of hydrogen-bond donors (Lipinski definition) is 1. The minimum absolute atomic E-state index is 0.0702. The molecule has 0 aliphatic carbocycles. The molecule has 0 saturated carbocycles. The first-order valence-corrected chi connectivity index (χ1v) is 11.8. The van der Waals surface area contributed by atoms with Gasteiger partial charge in [-0.1, -0.05) is 0 Å². The Bertz CT molecular complexity index is 795. The van der Waals surface area contributed by atoms with Crippen LogP contribution in [0.3, 0.4) is 0 Å². The van der Waals surface area contributed by atoms with Crippen LogP contribution in [-0.4, -0.2) is 91.7 Å². The monoisotopic (exact) mass is 427 g/mol. The quantitative estimate of drug-likeness (QED) is 0.755. The lowest BCUT2D eigenvalue weighted by Crippen LogP contribution is -2.60. The van der Waals surface area contributed by atoms with Gasteiger partial charge in [0.15, 0.2) is 0 Å². The maximum Gasteiger partial charge on any atom is 0.252 e. The first kappa shape index (κ1) is 20.7. The van der Waals surface area contributed by atoms with Crippen LogP contribution in [0, 0.1) is 11.8 Å². The van der Waals surface area contributed by atoms with E-state index in [1.807, 2.05) is 12.1 Å². The largest absolute Gasteiger partial charge is 0.379 e. The highest BCUT2D eigenvalue weighted by Crippen LogP contribution is 2.38. The van der Waals surface area contributed by atoms with Gasteiger partial charge < -0.3 is 19.9 Å². The highest BCUT2D eigenvalue weighted by Gasteiger charge is 2.44. The van der Waals surface area contributed by atoms with Crippen molar-refractivity contribution in [3.8, 4) is 0 Å². The third-order valence-electron chi connectivity index (χ3n) is 7.33. The Balaban J connectivity index is 1.16. The Morgan fingerprint density at radius 2 is 2.06 bits per heavy atom. The van der Waals surface area contributed by atoms with Gasteiger partial charge in [0.05, 0.1) is 18.8 Å². The summed E-state index contributed by atoms with van der Waals surface area (Å²) < 4.78 is 5.35. The Kier molecular flexibility index (Phi) is 6.09. The van der Waals surface area contributed by atoms with E-state index in [-0.39, 0.29) is 5.91 Å². The molecule has 1 N–H and O–H groups in total. The van der Waals surface area contributed by atoms with Gasteiger partial charge in [0.2, 0.25) is 5.91 Å². The fourth-order valence-electron chi connectivity index (χ4n) is 5.76. The van der Waals surface area contributed by atoms with Crippen molar-refractivity contribution < 1.29 is 14.3 Å². The Hall–Kier alpha value is -2.19. The number of ether oxygens (including phenoxy) is 1. The van der Waals surface area contributed by atoms with E-state index in [4.69, 9.17) is 4.74 Å². The molecule has 2 unspecified atom stereocenters. The lowest BCUT2D eigenvalue weighted by atomic mass is 9.76. The molecule has 2 amide bonds. The smallest absolute Gasteiger partial charge is 0.252 e. The van der Waals surface area contributed by atoms with Gasteiger partial charge in [0, 0.05) is 64.5 Å². The third kappa shape index (κ3) is 4.55. The van der Waals surface area contributed by atoms with Crippen molar-refractivity contribution >= 4 is 17.6 Å². The molecule has 31 heavy (non-hydrogen) atoms. The van der Waals surface area contributed by atoms with E-state index in [1.54, 1.807) is 6.20 Å². The maximum absolute atomic E-state index is 12.5. The number of aromatic nitrogens is 1. The van der Waals surface area contributed by atoms with E-state index in [1.165, 1.54) is 6.42 Å². The molecule has 4 saturated heterocycles. The minimum atomic E-state index is -0.0702. The predicted octanol–water partition coefficient (Wildman–Crippen LogP) is 0.981. The molecule has 4 aliphatic rings. The summed E-state index contributed by atoms with van der Waals surface area (Å²) in [6, 6.07) is 4.26. The molecule has 4 aliphatic heterocycles. The Morgan fingerprint density at radius 3 is 2.87 bits per heavy atom. The molecule has 5 rings (SSSR count). The second-order valence-corrected chi connectivity index (χ2v) is 9.39. The SMILES string of the molecule is O=C(NCCN1CCOCC1)c1ccc(N2CC3CC(C2)[C@H]2CCCC(=O)N2C3)nc1. The summed E-state index contributed by atoms with van der Waals surface area (Å²) in [5.41, 5.74) is 0.604. The molecule has 4 fully saturated rings. The van der Waals surface area contributed by atoms with E-state index >= 15 is 0 Å². The number of rotatable bonds is 5. The summed E-state index contributed by atoms with van der Waals surface area (Å²) in [6.07, 6.45) is 5.79. The fourth-order valence-corrected chi connectivity index (χ4v) is 5.76. The first-order valence-electron chi connectivity index (χ1n) is 11.8. The normalized spacial score (nSPS) is 28.9. The molecule has 168 valence electrons. The Labute approximate surface area is 183 Å². The zero-order valence-electron chi connectivity index (χ0n) is 18.2. The van der Waals surface area contributed by atoms with Gasteiger partial charge in [-0.2, -0.15) is 0 Å². The summed E-state index contributed by atoms with van der Waals surface area (Å²) >= 11 is 0. The number of hydrogen-bond acceptors (Lipinski definition) is 6. The highest BCUT2D eigenvalue weighted by atomic mass is 16.5. The zero-order chi connectivity index (χ0) is 21.2. The average molecular weight is 428 g/mol. The lowest BCUT2D eigenvalue weighted by Gasteiger charge is -2.52. The van der Waals surface area contributed by atoms with Crippen LogP contribution in [0.5, 0.6) is 0 Å². The van der Waals surface area contributed by atoms with Gasteiger partial charge >= 0.3 is 0 Å². The molecule has 3 atom stereocenters. The van der Waals surface area contributed by atoms with Crippen molar-refractivity contribution in [2.45, 2.75) is 31.7 Å². The van der Waals surface area contributed by atoms with E-state index in [0.29, 0.717) is 35.9 Å². The minimum Gasteiger partial charge on any atom is -0.379 e. The highest BCUT2D eigenvalue weighted by molar-refractivity contribution is 5.94. The summed E-state index contributed by atoms with van der Waals surface area (Å²) in [5, 5.41) is 3.00. The Morgan fingerprint density at radius 1 is 1.19 bits per heavy atom. The number of anilines is 1. The van der Waals surface area contributed by atoms with E-state index in [2.05, 4.69) is 25.0 Å². The predicted molar refractivity (Wildman–Crippen MR) is 117 cm³/mol. The van der Waals surface area contributed by atoms with Crippen LogP contribution in [0.1, 0.15) is 36.0 Å². The number of piperidine rings is 3. The third-order valence-corrected chi connectivity index (χ3v) is 7.33. The van der Waals surface area contributed by atoms with Crippen molar-refractivity contribution in [2.75, 3.05) is 63.9 Å². The van der Waals surface area contributed by atoms with Crippen molar-refractivity contribution in [2.24, 2.45) is 11.8 Å². The van der Waals surface area contributed by atoms with Gasteiger partial charge in [-0.15, -0.1) is 0 Å². The van der Waals surface area contributed by atoms with Crippen molar-refractivity contribution in [3.63, 3.8) is 0 Å². The number of nitrogens with zero attached hydrogens (tertiary/aromatic N) is 4. The standard InChI is InChI=1S/C23H33N5O3/c29-22-3-1-2-20-19-12-17(15-28(20)22)14-27(16-19)21-5-4-18(13-25-21)23(30)24-6-7-26-8-10-31-11-9-26/h4-5,13,17,19-20H,1-3,6-12,14-16H2,(H,24,30)/t17?,19?,20-/m1/s1. The van der Waals surface area contributed by atoms with E-state index in [0.717, 1.165) is 77.6 Å². The van der Waals surface area contributed by atoms with Gasteiger partial charge in [-0.25, -0.2) is 4.98 Å². The van der Waals surface area contributed by atoms with Crippen molar-refractivity contribution in [3.05, 3.63) is 23.9 Å². The van der Waals surface area contributed by atoms with Gasteiger partial charge in [-0.05, 0) is 43.2 Å². The van der Waals surface area contributed by atoms with Crippen LogP contribution in [0.2, 0.25) is 0 Å². The van der Waals surface area contributed by atoms with Crippen LogP contribution in [0.25, 0.3) is 0 Å². The summed E-state index contributed by atoms with van der Waals surface area (Å²) in [6.45, 7) is 7.64.